The van der Waals surface area contributed by atoms with Crippen LogP contribution in [0, 0.1) is 0 Å². The largest absolute Gasteiger partial charge is 0.494 e. The molecule has 220 valence electrons. The van der Waals surface area contributed by atoms with Crippen molar-refractivity contribution in [3.05, 3.63) is 83.9 Å². The molecule has 0 N–H and O–H groups in total. The molecule has 41 heavy (non-hydrogen) atoms. The van der Waals surface area contributed by atoms with Gasteiger partial charge in [-0.3, -0.25) is 0 Å². The van der Waals surface area contributed by atoms with Crippen molar-refractivity contribution in [2.24, 2.45) is 0 Å². The summed E-state index contributed by atoms with van der Waals surface area (Å²) in [5.41, 5.74) is 0.853. The second-order valence-electron chi connectivity index (χ2n) is 10.2. The summed E-state index contributed by atoms with van der Waals surface area (Å²) in [6.45, 7) is 5.76. The van der Waals surface area contributed by atoms with Crippen molar-refractivity contribution in [1.29, 1.82) is 0 Å². The topological polar surface area (TPSA) is 71.1 Å². The number of esters is 2. The molecule has 0 saturated carbocycles. The Hall–Kier alpha value is -3.80. The Morgan fingerprint density at radius 3 is 1.12 bits per heavy atom. The first-order valence-electron chi connectivity index (χ1n) is 15.1. The van der Waals surface area contributed by atoms with Gasteiger partial charge in [0.15, 0.2) is 0 Å². The van der Waals surface area contributed by atoms with Crippen molar-refractivity contribution in [1.82, 2.24) is 0 Å². The Morgan fingerprint density at radius 2 is 0.756 bits per heavy atom. The number of ether oxygens (including phenoxy) is 4. The van der Waals surface area contributed by atoms with Gasteiger partial charge in [-0.15, -0.1) is 0 Å². The molecule has 0 unspecified atom stereocenters. The Labute approximate surface area is 245 Å². The predicted octanol–water partition coefficient (Wildman–Crippen LogP) is 9.21. The summed E-state index contributed by atoms with van der Waals surface area (Å²) in [5.74, 6) is 1.24. The lowest BCUT2D eigenvalue weighted by Gasteiger charge is -2.09. The number of rotatable bonds is 19. The van der Waals surface area contributed by atoms with Crippen LogP contribution in [0.15, 0.2) is 72.8 Å². The first-order valence-corrected chi connectivity index (χ1v) is 15.1. The van der Waals surface area contributed by atoms with Crippen LogP contribution >= 0.6 is 0 Å². The van der Waals surface area contributed by atoms with E-state index >= 15 is 0 Å². The molecule has 0 atom stereocenters. The van der Waals surface area contributed by atoms with E-state index < -0.39 is 11.9 Å². The molecule has 0 aliphatic heterocycles. The van der Waals surface area contributed by atoms with Crippen molar-refractivity contribution in [2.75, 3.05) is 13.2 Å². The van der Waals surface area contributed by atoms with Gasteiger partial charge in [0.1, 0.15) is 23.0 Å². The lowest BCUT2D eigenvalue weighted by atomic mass is 10.1. The third-order valence-electron chi connectivity index (χ3n) is 6.71. The lowest BCUT2D eigenvalue weighted by Crippen LogP contribution is -2.09. The lowest BCUT2D eigenvalue weighted by molar-refractivity contribution is 0.0719. The van der Waals surface area contributed by atoms with E-state index in [-0.39, 0.29) is 0 Å². The van der Waals surface area contributed by atoms with Crippen LogP contribution in [0.4, 0.5) is 0 Å². The van der Waals surface area contributed by atoms with Gasteiger partial charge in [0.05, 0.1) is 24.3 Å². The van der Waals surface area contributed by atoms with Crippen molar-refractivity contribution in [2.45, 2.75) is 84.5 Å². The smallest absolute Gasteiger partial charge is 0.343 e. The first-order chi connectivity index (χ1) is 20.1. The van der Waals surface area contributed by atoms with E-state index in [1.807, 2.05) is 0 Å². The van der Waals surface area contributed by atoms with Crippen LogP contribution in [0.5, 0.6) is 23.0 Å². The average molecular weight is 561 g/mol. The quantitative estimate of drug-likeness (QED) is 0.0827. The fraction of sp³-hybridized carbons (Fsp3) is 0.429. The summed E-state index contributed by atoms with van der Waals surface area (Å²) >= 11 is 0. The molecule has 0 amide bonds. The number of hydrogen-bond donors (Lipinski definition) is 0. The molecule has 6 nitrogen and oxygen atoms in total. The Balaban J connectivity index is 1.39. The second-order valence-corrected chi connectivity index (χ2v) is 10.2. The fourth-order valence-corrected chi connectivity index (χ4v) is 4.25. The van der Waals surface area contributed by atoms with Gasteiger partial charge in [0, 0.05) is 0 Å². The number of carbonyl (C=O) groups is 2. The molecule has 3 aromatic carbocycles. The molecule has 0 fully saturated rings. The number of carbonyl (C=O) groups excluding carboxylic acids is 2. The molecular formula is C35H44O6. The molecule has 0 bridgehead atoms. The van der Waals surface area contributed by atoms with Crippen LogP contribution in [0.25, 0.3) is 0 Å². The van der Waals surface area contributed by atoms with E-state index in [4.69, 9.17) is 18.9 Å². The summed E-state index contributed by atoms with van der Waals surface area (Å²) in [5, 5.41) is 0. The van der Waals surface area contributed by atoms with Crippen LogP contribution in [0.2, 0.25) is 0 Å². The minimum atomic E-state index is -0.473. The van der Waals surface area contributed by atoms with Crippen molar-refractivity contribution in [3.63, 3.8) is 0 Å². The molecule has 0 saturated heterocycles. The molecule has 3 aromatic rings. The van der Waals surface area contributed by atoms with E-state index in [2.05, 4.69) is 13.8 Å². The third-order valence-corrected chi connectivity index (χ3v) is 6.71. The van der Waals surface area contributed by atoms with Crippen molar-refractivity contribution >= 4 is 11.9 Å². The van der Waals surface area contributed by atoms with E-state index in [1.54, 1.807) is 72.8 Å². The highest BCUT2D eigenvalue weighted by atomic mass is 16.5. The minimum absolute atomic E-state index is 0.356. The Kier molecular flexibility index (Phi) is 14.3. The van der Waals surface area contributed by atoms with Crippen LogP contribution in [-0.2, 0) is 0 Å². The van der Waals surface area contributed by atoms with Crippen LogP contribution in [0.1, 0.15) is 105 Å². The number of benzene rings is 3. The number of unbranched alkanes of at least 4 members (excludes halogenated alkanes) is 9. The zero-order chi connectivity index (χ0) is 29.1. The van der Waals surface area contributed by atoms with Gasteiger partial charge < -0.3 is 18.9 Å². The summed E-state index contributed by atoms with van der Waals surface area (Å²) in [7, 11) is 0. The maximum Gasteiger partial charge on any atom is 0.343 e. The zero-order valence-electron chi connectivity index (χ0n) is 24.6. The van der Waals surface area contributed by atoms with E-state index in [0.717, 1.165) is 30.8 Å². The summed E-state index contributed by atoms with van der Waals surface area (Å²) in [6.07, 6.45) is 13.2. The molecule has 0 aliphatic rings. The van der Waals surface area contributed by atoms with Crippen molar-refractivity contribution in [3.8, 4) is 23.0 Å². The minimum Gasteiger partial charge on any atom is -0.494 e. The number of hydrogen-bond acceptors (Lipinski definition) is 6. The highest BCUT2D eigenvalue weighted by molar-refractivity contribution is 5.92. The van der Waals surface area contributed by atoms with Crippen LogP contribution < -0.4 is 18.9 Å². The maximum absolute atomic E-state index is 12.6. The second kappa shape index (κ2) is 18.5. The zero-order valence-corrected chi connectivity index (χ0v) is 24.6. The monoisotopic (exact) mass is 560 g/mol. The molecule has 0 radical (unpaired) electrons. The molecule has 0 spiro atoms. The van der Waals surface area contributed by atoms with Gasteiger partial charge in [-0.25, -0.2) is 9.59 Å². The standard InChI is InChI=1S/C35H44O6/c1-3-5-7-9-11-13-27-39-31-20-16-29(17-21-31)35(37)41-33-24-22-32(23-25-33)40-34(36)28-14-18-30(19-15-28)38-26-12-10-8-6-4-2/h14-25H,3-13,26-27H2,1-2H3. The van der Waals surface area contributed by atoms with E-state index in [0.29, 0.717) is 35.8 Å². The Bertz CT molecular complexity index is 1150. The molecule has 6 heteroatoms. The molecular weight excluding hydrogens is 516 g/mol. The van der Waals surface area contributed by atoms with Crippen LogP contribution in [0.3, 0.4) is 0 Å². The highest BCUT2D eigenvalue weighted by Crippen LogP contribution is 2.22. The van der Waals surface area contributed by atoms with Gasteiger partial charge in [-0.05, 0) is 85.6 Å². The SMILES string of the molecule is CCCCCCCCOc1ccc(C(=O)Oc2ccc(OC(=O)c3ccc(OCCCCCCC)cc3)cc2)cc1. The normalized spacial score (nSPS) is 10.7. The van der Waals surface area contributed by atoms with Gasteiger partial charge in [-0.1, -0.05) is 71.6 Å². The average Bonchev–Trinajstić information content (AvgIpc) is 3.00. The highest BCUT2D eigenvalue weighted by Gasteiger charge is 2.12. The molecule has 0 heterocycles. The van der Waals surface area contributed by atoms with Gasteiger partial charge in [-0.2, -0.15) is 0 Å². The van der Waals surface area contributed by atoms with E-state index in [1.165, 1.54) is 51.4 Å². The summed E-state index contributed by atoms with van der Waals surface area (Å²) in [4.78, 5) is 25.1. The molecule has 0 aliphatic carbocycles. The van der Waals surface area contributed by atoms with Gasteiger partial charge in [0.25, 0.3) is 0 Å². The first kappa shape index (κ1) is 31.7. The molecule has 0 aromatic heterocycles. The van der Waals surface area contributed by atoms with E-state index in [9.17, 15) is 9.59 Å². The summed E-state index contributed by atoms with van der Waals surface area (Å²) in [6, 6.07) is 20.3. The van der Waals surface area contributed by atoms with Gasteiger partial charge >= 0.3 is 11.9 Å². The van der Waals surface area contributed by atoms with Gasteiger partial charge in [0.2, 0.25) is 0 Å². The Morgan fingerprint density at radius 1 is 0.439 bits per heavy atom. The maximum atomic E-state index is 12.6. The van der Waals surface area contributed by atoms with Crippen molar-refractivity contribution < 1.29 is 28.5 Å². The van der Waals surface area contributed by atoms with Crippen LogP contribution in [-0.4, -0.2) is 25.2 Å². The fourth-order valence-electron chi connectivity index (χ4n) is 4.25. The molecule has 3 rings (SSSR count). The summed E-state index contributed by atoms with van der Waals surface area (Å²) < 4.78 is 22.5. The predicted molar refractivity (Wildman–Crippen MR) is 162 cm³/mol. The third kappa shape index (κ3) is 12.1.